The zero-order valence-corrected chi connectivity index (χ0v) is 38.8. The first kappa shape index (κ1) is 43.7. The van der Waals surface area contributed by atoms with Crippen LogP contribution in [0.5, 0.6) is 0 Å². The summed E-state index contributed by atoms with van der Waals surface area (Å²) in [6.07, 6.45) is 4.08. The number of rotatable bonds is 9. The summed E-state index contributed by atoms with van der Waals surface area (Å²) >= 11 is 5.34. The highest BCUT2D eigenvalue weighted by molar-refractivity contribution is 9.10. The van der Waals surface area contributed by atoms with Gasteiger partial charge in [0.1, 0.15) is 23.0 Å². The van der Waals surface area contributed by atoms with Crippen LogP contribution in [0.2, 0.25) is 0 Å². The number of halogens is 1. The Morgan fingerprint density at radius 1 is 0.750 bits per heavy atom. The molecule has 2 saturated heterocycles. The van der Waals surface area contributed by atoms with Crippen LogP contribution >= 0.6 is 27.3 Å². The van der Waals surface area contributed by atoms with Gasteiger partial charge in [-0.05, 0) is 91.7 Å². The van der Waals surface area contributed by atoms with Crippen molar-refractivity contribution in [2.75, 3.05) is 53.9 Å². The van der Waals surface area contributed by atoms with Gasteiger partial charge in [-0.25, -0.2) is 9.97 Å². The van der Waals surface area contributed by atoms with Gasteiger partial charge >= 0.3 is 0 Å². The number of hydrogen-bond donors (Lipinski definition) is 1. The van der Waals surface area contributed by atoms with E-state index < -0.39 is 0 Å². The van der Waals surface area contributed by atoms with Crippen molar-refractivity contribution in [3.63, 3.8) is 0 Å². The van der Waals surface area contributed by atoms with Gasteiger partial charge in [-0.1, -0.05) is 88.4 Å². The number of nitrogens with one attached hydrogen (secondary N) is 1. The molecule has 1 N–H and O–H groups in total. The van der Waals surface area contributed by atoms with Gasteiger partial charge in [0, 0.05) is 36.0 Å². The Balaban J connectivity index is 0.000000174. The van der Waals surface area contributed by atoms with Crippen molar-refractivity contribution in [2.24, 2.45) is 0 Å². The Labute approximate surface area is 387 Å². The Bertz CT molecular complexity index is 2740. The topological polar surface area (TPSA) is 101 Å². The predicted molar refractivity (Wildman–Crippen MR) is 256 cm³/mol. The molecule has 3 aliphatic heterocycles. The number of benzene rings is 5. The summed E-state index contributed by atoms with van der Waals surface area (Å²) in [5.41, 5.74) is 6.69. The number of piperidine rings is 2. The third-order valence-corrected chi connectivity index (χ3v) is 13.9. The number of imidazole rings is 1. The fourth-order valence-electron chi connectivity index (χ4n) is 8.62. The number of aromatic nitrogens is 3. The fraction of sp³-hybridized carbons (Fsp3) is 0.308. The van der Waals surface area contributed by atoms with Crippen molar-refractivity contribution < 1.29 is 23.5 Å². The summed E-state index contributed by atoms with van der Waals surface area (Å²) in [6.45, 7) is 4.36. The highest BCUT2D eigenvalue weighted by atomic mass is 79.9. The Morgan fingerprint density at radius 3 is 2.08 bits per heavy atom. The lowest BCUT2D eigenvalue weighted by Gasteiger charge is -2.38. The number of quaternary nitrogens is 1. The van der Waals surface area contributed by atoms with Crippen molar-refractivity contribution >= 4 is 60.3 Å². The maximum Gasteiger partial charge on any atom is 0.262 e. The SMILES string of the molecule is CN1CCC(OC(c2cccc(C#CCN3C(=O)c4ccccc4C3=O)c2)c2nc3ccccc3[nH]2)CC1.C[N+]1(C)CCC(OC(c2cccc(Br)c2)c2nc3ccccc3s2)CC1. The van der Waals surface area contributed by atoms with Gasteiger partial charge in [0.25, 0.3) is 11.8 Å². The minimum atomic E-state index is -0.367. The maximum atomic E-state index is 12.6. The second-order valence-electron chi connectivity index (χ2n) is 17.5. The summed E-state index contributed by atoms with van der Waals surface area (Å²) in [7, 11) is 6.74. The zero-order valence-electron chi connectivity index (χ0n) is 36.4. The minimum Gasteiger partial charge on any atom is -0.363 e. The summed E-state index contributed by atoms with van der Waals surface area (Å²) in [6, 6.07) is 39.5. The van der Waals surface area contributed by atoms with Crippen LogP contribution in [0.25, 0.3) is 21.3 Å². The number of H-pyrrole nitrogens is 1. The van der Waals surface area contributed by atoms with Crippen molar-refractivity contribution in [1.29, 1.82) is 0 Å². The van der Waals surface area contributed by atoms with Gasteiger partial charge in [0.2, 0.25) is 0 Å². The molecular formula is C52H52BrN6O4S+. The molecule has 7 aromatic rings. The average molecular weight is 937 g/mol. The molecule has 0 radical (unpaired) electrons. The van der Waals surface area contributed by atoms with Crippen molar-refractivity contribution in [1.82, 2.24) is 24.8 Å². The molecule has 2 amide bonds. The molecule has 0 aliphatic carbocycles. The number of hydrogen-bond acceptors (Lipinski definition) is 8. The molecular weight excluding hydrogens is 885 g/mol. The predicted octanol–water partition coefficient (Wildman–Crippen LogP) is 9.81. The molecule has 5 heterocycles. The lowest BCUT2D eigenvalue weighted by Crippen LogP contribution is -2.48. The summed E-state index contributed by atoms with van der Waals surface area (Å²) in [5, 5.41) is 1.05. The average Bonchev–Trinajstić information content (AvgIpc) is 4.00. The Kier molecular flexibility index (Phi) is 13.2. The van der Waals surface area contributed by atoms with E-state index in [0.717, 1.165) is 105 Å². The van der Waals surface area contributed by atoms with Crippen molar-refractivity contribution in [2.45, 2.75) is 50.1 Å². The van der Waals surface area contributed by atoms with Crippen LogP contribution in [0, 0.1) is 11.8 Å². The number of likely N-dealkylation sites (tertiary alicyclic amines) is 2. The zero-order chi connectivity index (χ0) is 44.2. The van der Waals surface area contributed by atoms with Crippen molar-refractivity contribution in [3.05, 3.63) is 164 Å². The van der Waals surface area contributed by atoms with Crippen LogP contribution in [0.1, 0.15) is 86.1 Å². The molecule has 3 aliphatic rings. The number of carbonyl (C=O) groups is 2. The van der Waals surface area contributed by atoms with E-state index in [9.17, 15) is 9.59 Å². The van der Waals surface area contributed by atoms with E-state index in [1.54, 1.807) is 35.6 Å². The monoisotopic (exact) mass is 935 g/mol. The van der Waals surface area contributed by atoms with Crippen LogP contribution < -0.4 is 0 Å². The van der Waals surface area contributed by atoms with Gasteiger partial charge in [-0.2, -0.15) is 0 Å². The first-order valence-electron chi connectivity index (χ1n) is 22.0. The second-order valence-corrected chi connectivity index (χ2v) is 19.5. The van der Waals surface area contributed by atoms with E-state index >= 15 is 0 Å². The quantitative estimate of drug-likeness (QED) is 0.0875. The maximum absolute atomic E-state index is 12.6. The van der Waals surface area contributed by atoms with Gasteiger partial charge < -0.3 is 23.8 Å². The summed E-state index contributed by atoms with van der Waals surface area (Å²) in [5.74, 6) is 6.31. The second kappa shape index (κ2) is 19.3. The molecule has 2 aromatic heterocycles. The number of imide groups is 1. The van der Waals surface area contributed by atoms with Gasteiger partial charge in [-0.15, -0.1) is 11.3 Å². The van der Waals surface area contributed by atoms with E-state index in [2.05, 4.69) is 101 Å². The summed E-state index contributed by atoms with van der Waals surface area (Å²) < 4.78 is 16.7. The third-order valence-electron chi connectivity index (χ3n) is 12.3. The highest BCUT2D eigenvalue weighted by Crippen LogP contribution is 2.36. The van der Waals surface area contributed by atoms with Crippen LogP contribution in [-0.2, 0) is 9.47 Å². The molecule has 0 spiro atoms. The van der Waals surface area contributed by atoms with Gasteiger partial charge in [0.15, 0.2) is 0 Å². The molecule has 2 fully saturated rings. The van der Waals surface area contributed by atoms with Crippen LogP contribution in [0.3, 0.4) is 0 Å². The molecule has 2 atom stereocenters. The standard InChI is InChI=1S/C31H28N4O3.C21H24BrN2OS/c1-34-18-15-23(16-19-34)38-28(29-32-26-13-4-5-14-27(26)33-29)22-10-6-8-21(20-22)9-7-17-35-30(36)24-11-2-3-12-25(24)31(35)37;1-24(2)12-10-17(11-13-24)25-20(15-6-5-7-16(22)14-15)21-23-18-8-3-4-9-19(18)26-21/h2-6,8,10-14,20,23,28H,15-19H2,1H3,(H,32,33);3-9,14,17,20H,10-13H2,1-2H3/q;+1. The molecule has 0 bridgehead atoms. The molecule has 2 unspecified atom stereocenters. The Morgan fingerprint density at radius 2 is 1.38 bits per heavy atom. The van der Waals surface area contributed by atoms with E-state index in [4.69, 9.17) is 19.4 Å². The number of nitrogens with zero attached hydrogens (tertiary/aromatic N) is 5. The first-order chi connectivity index (χ1) is 31.1. The lowest BCUT2D eigenvalue weighted by molar-refractivity contribution is -0.896. The molecule has 10 rings (SSSR count). The summed E-state index contributed by atoms with van der Waals surface area (Å²) in [4.78, 5) is 42.0. The van der Waals surface area contributed by atoms with E-state index in [1.165, 1.54) is 9.60 Å². The lowest BCUT2D eigenvalue weighted by atomic mass is 10.0. The molecule has 10 nitrogen and oxygen atoms in total. The van der Waals surface area contributed by atoms with Gasteiger partial charge in [-0.3, -0.25) is 14.5 Å². The molecule has 12 heteroatoms. The first-order valence-corrected chi connectivity index (χ1v) is 23.6. The fourth-order valence-corrected chi connectivity index (χ4v) is 10.1. The normalized spacial score (nSPS) is 17.7. The minimum absolute atomic E-state index is 0.0374. The van der Waals surface area contributed by atoms with Crippen LogP contribution in [0.4, 0.5) is 0 Å². The molecule has 64 heavy (non-hydrogen) atoms. The van der Waals surface area contributed by atoms with Crippen LogP contribution in [-0.4, -0.2) is 107 Å². The number of aromatic amines is 1. The molecule has 5 aromatic carbocycles. The van der Waals surface area contributed by atoms with Crippen molar-refractivity contribution in [3.8, 4) is 11.8 Å². The van der Waals surface area contributed by atoms with E-state index in [0.29, 0.717) is 11.1 Å². The van der Waals surface area contributed by atoms with Crippen LogP contribution in [0.15, 0.2) is 126 Å². The Hall–Kier alpha value is -5.52. The van der Waals surface area contributed by atoms with E-state index in [1.807, 2.05) is 54.6 Å². The van der Waals surface area contributed by atoms with Gasteiger partial charge in [0.05, 0.1) is 78.3 Å². The molecule has 0 saturated carbocycles. The number of carbonyl (C=O) groups excluding carboxylic acids is 2. The molecule has 326 valence electrons. The number of amides is 2. The largest absolute Gasteiger partial charge is 0.363 e. The van der Waals surface area contributed by atoms with E-state index in [-0.39, 0.29) is 42.8 Å². The number of thiazole rings is 1. The number of fused-ring (bicyclic) bond motifs is 3. The smallest absolute Gasteiger partial charge is 0.262 e. The third kappa shape index (κ3) is 10.1. The highest BCUT2D eigenvalue weighted by Gasteiger charge is 2.35. The number of para-hydroxylation sites is 3. The number of ether oxygens (including phenoxy) is 2.